The first-order chi connectivity index (χ1) is 9.88. The molecule has 0 fully saturated rings. The molecule has 0 bridgehead atoms. The fourth-order valence-corrected chi connectivity index (χ4v) is 1.94. The number of nitro groups is 1. The molecule has 0 radical (unpaired) electrons. The van der Waals surface area contributed by atoms with Gasteiger partial charge in [-0.25, -0.2) is 0 Å². The number of para-hydroxylation sites is 1. The van der Waals surface area contributed by atoms with Crippen molar-refractivity contribution in [3.63, 3.8) is 0 Å². The maximum atomic E-state index is 11.9. The highest BCUT2D eigenvalue weighted by Crippen LogP contribution is 2.33. The van der Waals surface area contributed by atoms with Crippen molar-refractivity contribution in [2.75, 3.05) is 31.3 Å². The van der Waals surface area contributed by atoms with Crippen LogP contribution in [0.3, 0.4) is 0 Å². The van der Waals surface area contributed by atoms with Crippen molar-refractivity contribution in [2.24, 2.45) is 0 Å². The zero-order valence-corrected chi connectivity index (χ0v) is 12.8. The Hall–Kier alpha value is -2.31. The number of nitrogens with one attached hydrogen (secondary N) is 2. The van der Waals surface area contributed by atoms with Crippen LogP contribution in [0.25, 0.3) is 0 Å². The zero-order valence-electron chi connectivity index (χ0n) is 12.8. The molecule has 0 aliphatic rings. The number of rotatable bonds is 7. The average molecular weight is 294 g/mol. The number of anilines is 2. The molecule has 2 N–H and O–H groups in total. The highest BCUT2D eigenvalue weighted by atomic mass is 16.6. The minimum absolute atomic E-state index is 0.0376. The van der Waals surface area contributed by atoms with E-state index < -0.39 is 11.0 Å². The largest absolute Gasteiger partial charge is 0.379 e. The van der Waals surface area contributed by atoms with Gasteiger partial charge in [-0.15, -0.1) is 0 Å². The van der Waals surface area contributed by atoms with Gasteiger partial charge in [0, 0.05) is 20.6 Å². The highest BCUT2D eigenvalue weighted by molar-refractivity contribution is 5.86. The van der Waals surface area contributed by atoms with E-state index in [0.29, 0.717) is 17.9 Å². The van der Waals surface area contributed by atoms with E-state index in [2.05, 4.69) is 10.6 Å². The third kappa shape index (κ3) is 4.34. The Bertz CT molecular complexity index is 517. The Morgan fingerprint density at radius 2 is 2.00 bits per heavy atom. The number of carbonyl (C=O) groups is 1. The summed E-state index contributed by atoms with van der Waals surface area (Å²) in [5.74, 6) is -0.142. The van der Waals surface area contributed by atoms with Gasteiger partial charge in [0.25, 0.3) is 0 Å². The van der Waals surface area contributed by atoms with E-state index in [1.54, 1.807) is 39.2 Å². The van der Waals surface area contributed by atoms with E-state index in [1.807, 2.05) is 6.92 Å². The normalized spacial score (nSPS) is 11.6. The Morgan fingerprint density at radius 3 is 2.52 bits per heavy atom. The molecule has 0 aromatic heterocycles. The second-order valence-corrected chi connectivity index (χ2v) is 4.98. The zero-order chi connectivity index (χ0) is 16.0. The van der Waals surface area contributed by atoms with Crippen molar-refractivity contribution >= 4 is 23.0 Å². The molecule has 0 aliphatic carbocycles. The number of amides is 1. The molecule has 0 saturated heterocycles. The number of hydrogen-bond acceptors (Lipinski definition) is 5. The van der Waals surface area contributed by atoms with Crippen LogP contribution in [0.4, 0.5) is 17.1 Å². The van der Waals surface area contributed by atoms with Gasteiger partial charge in [0.15, 0.2) is 0 Å². The van der Waals surface area contributed by atoms with Crippen molar-refractivity contribution in [1.82, 2.24) is 4.90 Å². The van der Waals surface area contributed by atoms with Crippen LogP contribution in [0.1, 0.15) is 20.3 Å². The monoisotopic (exact) mass is 294 g/mol. The van der Waals surface area contributed by atoms with Gasteiger partial charge in [-0.1, -0.05) is 13.0 Å². The van der Waals surface area contributed by atoms with E-state index in [1.165, 1.54) is 4.90 Å². The molecule has 7 nitrogen and oxygen atoms in total. The summed E-state index contributed by atoms with van der Waals surface area (Å²) < 4.78 is 0. The fourth-order valence-electron chi connectivity index (χ4n) is 1.94. The smallest absolute Gasteiger partial charge is 0.315 e. The van der Waals surface area contributed by atoms with Crippen LogP contribution >= 0.6 is 0 Å². The molecule has 1 amide bonds. The van der Waals surface area contributed by atoms with E-state index in [0.717, 1.165) is 6.42 Å². The number of hydrogen-bond donors (Lipinski definition) is 2. The molecule has 1 unspecified atom stereocenters. The molecule has 1 aromatic carbocycles. The summed E-state index contributed by atoms with van der Waals surface area (Å²) in [6.07, 6.45) is 0.865. The third-order valence-corrected chi connectivity index (χ3v) is 2.97. The first kappa shape index (κ1) is 16.7. The number of benzene rings is 1. The van der Waals surface area contributed by atoms with E-state index in [-0.39, 0.29) is 11.6 Å². The molecule has 1 atom stereocenters. The first-order valence-electron chi connectivity index (χ1n) is 6.87. The lowest BCUT2D eigenvalue weighted by Crippen LogP contribution is -2.36. The summed E-state index contributed by atoms with van der Waals surface area (Å²) >= 11 is 0. The van der Waals surface area contributed by atoms with Crippen LogP contribution in [0.15, 0.2) is 18.2 Å². The van der Waals surface area contributed by atoms with E-state index in [4.69, 9.17) is 0 Å². The van der Waals surface area contributed by atoms with Crippen LogP contribution in [0.5, 0.6) is 0 Å². The molecular formula is C14H22N4O3. The summed E-state index contributed by atoms with van der Waals surface area (Å²) in [5, 5.41) is 17.3. The fraction of sp³-hybridized carbons (Fsp3) is 0.500. The molecule has 21 heavy (non-hydrogen) atoms. The predicted octanol–water partition coefficient (Wildman–Crippen LogP) is 2.31. The molecule has 0 heterocycles. The molecule has 0 saturated carbocycles. The molecule has 1 rings (SSSR count). The van der Waals surface area contributed by atoms with Crippen LogP contribution in [0.2, 0.25) is 0 Å². The maximum absolute atomic E-state index is 11.9. The predicted molar refractivity (Wildman–Crippen MR) is 83.7 cm³/mol. The third-order valence-electron chi connectivity index (χ3n) is 2.97. The minimum Gasteiger partial charge on any atom is -0.379 e. The van der Waals surface area contributed by atoms with Crippen LogP contribution < -0.4 is 10.6 Å². The van der Waals surface area contributed by atoms with Crippen LogP contribution in [0, 0.1) is 10.1 Å². The highest BCUT2D eigenvalue weighted by Gasteiger charge is 2.23. The average Bonchev–Trinajstić information content (AvgIpc) is 2.43. The topological polar surface area (TPSA) is 87.5 Å². The van der Waals surface area contributed by atoms with Crippen molar-refractivity contribution in [2.45, 2.75) is 26.3 Å². The molecule has 116 valence electrons. The number of nitrogens with zero attached hydrogens (tertiary/aromatic N) is 2. The SMILES string of the molecule is CCCNc1cccc(NC(C)C(=O)N(C)C)c1[N+](=O)[O-]. The standard InChI is InChI=1S/C14H22N4O3/c1-5-9-15-11-7-6-8-12(13(11)18(20)21)16-10(2)14(19)17(3)4/h6-8,10,15-16H,5,9H2,1-4H3. The Balaban J connectivity index is 3.06. The molecule has 1 aromatic rings. The molecule has 7 heteroatoms. The maximum Gasteiger partial charge on any atom is 0.315 e. The summed E-state index contributed by atoms with van der Waals surface area (Å²) in [5.41, 5.74) is 0.754. The van der Waals surface area contributed by atoms with Gasteiger partial charge in [0.2, 0.25) is 5.91 Å². The number of likely N-dealkylation sites (N-methyl/N-ethyl adjacent to an activating group) is 1. The number of nitro benzene ring substituents is 1. The van der Waals surface area contributed by atoms with Crippen molar-refractivity contribution in [1.29, 1.82) is 0 Å². The van der Waals surface area contributed by atoms with E-state index >= 15 is 0 Å². The van der Waals surface area contributed by atoms with Gasteiger partial charge in [0.05, 0.1) is 4.92 Å². The second-order valence-electron chi connectivity index (χ2n) is 4.98. The van der Waals surface area contributed by atoms with Crippen molar-refractivity contribution in [3.8, 4) is 0 Å². The van der Waals surface area contributed by atoms with Crippen LogP contribution in [-0.2, 0) is 4.79 Å². The second kappa shape index (κ2) is 7.47. The molecule has 0 aliphatic heterocycles. The van der Waals surface area contributed by atoms with Gasteiger partial charge in [0.1, 0.15) is 17.4 Å². The Kier molecular flexibility index (Phi) is 5.95. The van der Waals surface area contributed by atoms with Gasteiger partial charge >= 0.3 is 5.69 Å². The van der Waals surface area contributed by atoms with Crippen molar-refractivity contribution < 1.29 is 9.72 Å². The first-order valence-corrected chi connectivity index (χ1v) is 6.87. The quantitative estimate of drug-likeness (QED) is 0.595. The van der Waals surface area contributed by atoms with Gasteiger partial charge in [-0.3, -0.25) is 14.9 Å². The summed E-state index contributed by atoms with van der Waals surface area (Å²) in [4.78, 5) is 24.2. The summed E-state index contributed by atoms with van der Waals surface area (Å²) in [6, 6.07) is 4.45. The minimum atomic E-state index is -0.542. The van der Waals surface area contributed by atoms with Gasteiger partial charge in [-0.05, 0) is 25.5 Å². The Morgan fingerprint density at radius 1 is 1.38 bits per heavy atom. The number of carbonyl (C=O) groups excluding carboxylic acids is 1. The summed E-state index contributed by atoms with van der Waals surface area (Å²) in [7, 11) is 3.29. The van der Waals surface area contributed by atoms with Crippen LogP contribution in [-0.4, -0.2) is 42.4 Å². The molecule has 0 spiro atoms. The van der Waals surface area contributed by atoms with Gasteiger partial charge in [-0.2, -0.15) is 0 Å². The Labute approximate surface area is 124 Å². The lowest BCUT2D eigenvalue weighted by atomic mass is 10.2. The van der Waals surface area contributed by atoms with Crippen molar-refractivity contribution in [3.05, 3.63) is 28.3 Å². The van der Waals surface area contributed by atoms with Gasteiger partial charge < -0.3 is 15.5 Å². The lowest BCUT2D eigenvalue weighted by molar-refractivity contribution is -0.383. The summed E-state index contributed by atoms with van der Waals surface area (Å²) in [6.45, 7) is 4.31. The van der Waals surface area contributed by atoms with E-state index in [9.17, 15) is 14.9 Å². The lowest BCUT2D eigenvalue weighted by Gasteiger charge is -2.19. The molecular weight excluding hydrogens is 272 g/mol.